The van der Waals surface area contributed by atoms with E-state index in [1.165, 1.54) is 25.3 Å². The Morgan fingerprint density at radius 2 is 1.85 bits per heavy atom. The van der Waals surface area contributed by atoms with Crippen LogP contribution < -0.4 is 15.4 Å². The average Bonchev–Trinajstić information content (AvgIpc) is 3.41. The van der Waals surface area contributed by atoms with Gasteiger partial charge in [0.2, 0.25) is 0 Å². The van der Waals surface area contributed by atoms with Gasteiger partial charge in [0.25, 0.3) is 0 Å². The van der Waals surface area contributed by atoms with Gasteiger partial charge in [0.1, 0.15) is 11.6 Å². The van der Waals surface area contributed by atoms with Crippen molar-refractivity contribution in [1.82, 2.24) is 5.32 Å². The first-order chi connectivity index (χ1) is 12.4. The first-order valence-corrected chi connectivity index (χ1v) is 8.50. The summed E-state index contributed by atoms with van der Waals surface area (Å²) < 4.78 is 18.1. The summed E-state index contributed by atoms with van der Waals surface area (Å²) in [6, 6.07) is 10.9. The maximum Gasteiger partial charge on any atom is 0.313 e. The highest BCUT2D eigenvalue weighted by molar-refractivity contribution is 6.40. The van der Waals surface area contributed by atoms with Gasteiger partial charge >= 0.3 is 11.8 Å². The van der Waals surface area contributed by atoms with E-state index in [1.54, 1.807) is 24.3 Å². The molecule has 136 valence electrons. The molecule has 7 heteroatoms. The number of nitrogens with one attached hydrogen (secondary N) is 2. The van der Waals surface area contributed by atoms with Crippen LogP contribution in [-0.4, -0.2) is 25.5 Å². The molecule has 0 aliphatic heterocycles. The normalized spacial score (nSPS) is 14.4. The lowest BCUT2D eigenvalue weighted by molar-refractivity contribution is -0.136. The predicted molar refractivity (Wildman–Crippen MR) is 97.0 cm³/mol. The van der Waals surface area contributed by atoms with E-state index >= 15 is 0 Å². The van der Waals surface area contributed by atoms with Crippen molar-refractivity contribution < 1.29 is 18.7 Å². The third-order valence-corrected chi connectivity index (χ3v) is 4.81. The Labute approximate surface area is 155 Å². The number of halogens is 2. The van der Waals surface area contributed by atoms with Crippen LogP contribution in [0.25, 0.3) is 0 Å². The molecular weight excluding hydrogens is 359 g/mol. The molecule has 2 aromatic carbocycles. The van der Waals surface area contributed by atoms with E-state index in [0.29, 0.717) is 23.0 Å². The van der Waals surface area contributed by atoms with E-state index in [1.807, 2.05) is 0 Å². The van der Waals surface area contributed by atoms with Crippen molar-refractivity contribution in [2.45, 2.75) is 18.3 Å². The first kappa shape index (κ1) is 18.2. The Balaban J connectivity index is 1.57. The van der Waals surface area contributed by atoms with Crippen LogP contribution >= 0.6 is 11.6 Å². The standard InChI is InChI=1S/C19H18ClFN2O3/c1-26-16-7-6-14(10-15(16)20)23-18(25)17(24)22-11-19(8-9-19)12-2-4-13(21)5-3-12/h2-7,10H,8-9,11H2,1H3,(H,22,24)(H,23,25). The van der Waals surface area contributed by atoms with Crippen molar-refractivity contribution in [2.75, 3.05) is 19.0 Å². The Morgan fingerprint density at radius 1 is 1.15 bits per heavy atom. The van der Waals surface area contributed by atoms with E-state index in [-0.39, 0.29) is 11.2 Å². The highest BCUT2D eigenvalue weighted by Crippen LogP contribution is 2.47. The molecule has 3 rings (SSSR count). The third-order valence-electron chi connectivity index (χ3n) is 4.51. The van der Waals surface area contributed by atoms with Crippen LogP contribution in [0, 0.1) is 5.82 Å². The van der Waals surface area contributed by atoms with Gasteiger partial charge in [-0.25, -0.2) is 4.39 Å². The van der Waals surface area contributed by atoms with Crippen LogP contribution in [0.5, 0.6) is 5.75 Å². The minimum atomic E-state index is -0.777. The zero-order valence-corrected chi connectivity index (χ0v) is 14.9. The molecule has 1 fully saturated rings. The van der Waals surface area contributed by atoms with E-state index in [9.17, 15) is 14.0 Å². The Kier molecular flexibility index (Phi) is 5.13. The van der Waals surface area contributed by atoms with Gasteiger partial charge in [-0.05, 0) is 48.7 Å². The van der Waals surface area contributed by atoms with Crippen LogP contribution in [0.15, 0.2) is 42.5 Å². The molecule has 2 N–H and O–H groups in total. The van der Waals surface area contributed by atoms with Crippen molar-refractivity contribution >= 4 is 29.1 Å². The second-order valence-electron chi connectivity index (χ2n) is 6.27. The second-order valence-corrected chi connectivity index (χ2v) is 6.68. The summed E-state index contributed by atoms with van der Waals surface area (Å²) in [5.74, 6) is -1.33. The number of carbonyl (C=O) groups excluding carboxylic acids is 2. The highest BCUT2D eigenvalue weighted by atomic mass is 35.5. The number of methoxy groups -OCH3 is 1. The molecule has 0 heterocycles. The number of hydrogen-bond donors (Lipinski definition) is 2. The average molecular weight is 377 g/mol. The summed E-state index contributed by atoms with van der Waals surface area (Å²) >= 11 is 6.00. The van der Waals surface area contributed by atoms with Gasteiger partial charge in [0, 0.05) is 17.6 Å². The van der Waals surface area contributed by atoms with Crippen LogP contribution in [-0.2, 0) is 15.0 Å². The number of ether oxygens (including phenoxy) is 1. The summed E-state index contributed by atoms with van der Waals surface area (Å²) in [5.41, 5.74) is 1.14. The number of rotatable bonds is 5. The molecule has 0 saturated heterocycles. The monoisotopic (exact) mass is 376 g/mol. The topological polar surface area (TPSA) is 67.4 Å². The lowest BCUT2D eigenvalue weighted by Crippen LogP contribution is -2.39. The van der Waals surface area contributed by atoms with Gasteiger partial charge in [-0.2, -0.15) is 0 Å². The van der Waals surface area contributed by atoms with E-state index in [2.05, 4.69) is 10.6 Å². The molecule has 1 saturated carbocycles. The van der Waals surface area contributed by atoms with Gasteiger partial charge in [-0.1, -0.05) is 23.7 Å². The SMILES string of the molecule is COc1ccc(NC(=O)C(=O)NCC2(c3ccc(F)cc3)CC2)cc1Cl. The largest absolute Gasteiger partial charge is 0.495 e. The maximum absolute atomic E-state index is 13.1. The quantitative estimate of drug-likeness (QED) is 0.787. The van der Waals surface area contributed by atoms with E-state index < -0.39 is 11.8 Å². The molecule has 26 heavy (non-hydrogen) atoms. The summed E-state index contributed by atoms with van der Waals surface area (Å²) in [4.78, 5) is 24.1. The summed E-state index contributed by atoms with van der Waals surface area (Å²) in [5, 5.41) is 5.48. The van der Waals surface area contributed by atoms with Crippen LogP contribution in [0.1, 0.15) is 18.4 Å². The lowest BCUT2D eigenvalue weighted by atomic mass is 9.96. The van der Waals surface area contributed by atoms with Gasteiger partial charge in [-0.15, -0.1) is 0 Å². The number of benzene rings is 2. The van der Waals surface area contributed by atoms with E-state index in [0.717, 1.165) is 18.4 Å². The fraction of sp³-hybridized carbons (Fsp3) is 0.263. The summed E-state index contributed by atoms with van der Waals surface area (Å²) in [6.45, 7) is 0.328. The molecule has 0 spiro atoms. The number of carbonyl (C=O) groups is 2. The predicted octanol–water partition coefficient (Wildman–Crippen LogP) is 3.27. The molecule has 1 aliphatic carbocycles. The van der Waals surface area contributed by atoms with Gasteiger partial charge in [0.05, 0.1) is 12.1 Å². The van der Waals surface area contributed by atoms with Gasteiger partial charge in [-0.3, -0.25) is 9.59 Å². The number of amides is 2. The molecule has 1 aliphatic rings. The van der Waals surface area contributed by atoms with Gasteiger partial charge < -0.3 is 15.4 Å². The molecule has 0 unspecified atom stereocenters. The van der Waals surface area contributed by atoms with Crippen molar-refractivity contribution in [3.8, 4) is 5.75 Å². The Bertz CT molecular complexity index is 835. The number of anilines is 1. The Hall–Kier alpha value is -2.60. The minimum absolute atomic E-state index is 0.215. The van der Waals surface area contributed by atoms with Gasteiger partial charge in [0.15, 0.2) is 0 Å². The molecular formula is C19H18ClFN2O3. The summed E-state index contributed by atoms with van der Waals surface area (Å²) in [6.07, 6.45) is 1.77. The molecule has 2 aromatic rings. The maximum atomic E-state index is 13.1. The minimum Gasteiger partial charge on any atom is -0.495 e. The van der Waals surface area contributed by atoms with E-state index in [4.69, 9.17) is 16.3 Å². The van der Waals surface area contributed by atoms with Crippen molar-refractivity contribution in [2.24, 2.45) is 0 Å². The lowest BCUT2D eigenvalue weighted by Gasteiger charge is -2.16. The zero-order valence-electron chi connectivity index (χ0n) is 14.1. The van der Waals surface area contributed by atoms with Crippen molar-refractivity contribution in [3.63, 3.8) is 0 Å². The Morgan fingerprint density at radius 3 is 2.42 bits per heavy atom. The molecule has 2 amide bonds. The molecule has 0 aromatic heterocycles. The van der Waals surface area contributed by atoms with Crippen LogP contribution in [0.2, 0.25) is 5.02 Å². The van der Waals surface area contributed by atoms with Crippen molar-refractivity contribution in [3.05, 3.63) is 58.9 Å². The second kappa shape index (κ2) is 7.33. The molecule has 0 radical (unpaired) electrons. The fourth-order valence-electron chi connectivity index (χ4n) is 2.78. The third kappa shape index (κ3) is 3.96. The molecule has 0 atom stereocenters. The zero-order chi connectivity index (χ0) is 18.7. The molecule has 0 bridgehead atoms. The number of hydrogen-bond acceptors (Lipinski definition) is 3. The summed E-state index contributed by atoms with van der Waals surface area (Å²) in [7, 11) is 1.49. The first-order valence-electron chi connectivity index (χ1n) is 8.12. The fourth-order valence-corrected chi connectivity index (χ4v) is 3.04. The smallest absolute Gasteiger partial charge is 0.313 e. The highest BCUT2D eigenvalue weighted by Gasteiger charge is 2.44. The van der Waals surface area contributed by atoms with Crippen molar-refractivity contribution in [1.29, 1.82) is 0 Å². The molecule has 5 nitrogen and oxygen atoms in total. The van der Waals surface area contributed by atoms with Crippen LogP contribution in [0.3, 0.4) is 0 Å². The van der Waals surface area contributed by atoms with Crippen LogP contribution in [0.4, 0.5) is 10.1 Å².